The van der Waals surface area contributed by atoms with Crippen LogP contribution < -0.4 is 0 Å². The fourth-order valence-electron chi connectivity index (χ4n) is 0. The summed E-state index contributed by atoms with van der Waals surface area (Å²) in [6, 6.07) is 0. The van der Waals surface area contributed by atoms with Gasteiger partial charge in [-0.3, -0.25) is 0 Å². The number of rotatable bonds is 0. The first-order valence-corrected chi connectivity index (χ1v) is 2.68. The summed E-state index contributed by atoms with van der Waals surface area (Å²) < 4.78 is 0. The van der Waals surface area contributed by atoms with Gasteiger partial charge in [-0.25, -0.2) is 0 Å². The van der Waals surface area contributed by atoms with E-state index in [-0.39, 0.29) is 59.3 Å². The maximum absolute atomic E-state index is 7.33. The van der Waals surface area contributed by atoms with Gasteiger partial charge in [-0.2, -0.15) is 0 Å². The molecule has 0 amide bonds. The Morgan fingerprint density at radius 1 is 0.875 bits per heavy atom. The van der Waals surface area contributed by atoms with Gasteiger partial charge in [0.15, 0.2) is 17.4 Å². The van der Waals surface area contributed by atoms with E-state index in [1.54, 1.807) is 0 Å². The van der Waals surface area contributed by atoms with E-state index in [1.807, 2.05) is 0 Å². The van der Waals surface area contributed by atoms with Crippen LogP contribution in [-0.4, -0.2) is 75.1 Å². The Balaban J connectivity index is -0.0000000267. The average molecular weight is 187 g/mol. The molecule has 4 nitrogen and oxygen atoms in total. The molecule has 0 saturated heterocycles. The van der Waals surface area contributed by atoms with Crippen molar-refractivity contribution in [1.29, 1.82) is 0 Å². The summed E-state index contributed by atoms with van der Waals surface area (Å²) in [5.74, 6) is 0. The summed E-state index contributed by atoms with van der Waals surface area (Å²) in [5.41, 5.74) is 0. The number of halogens is 1. The van der Waals surface area contributed by atoms with Crippen molar-refractivity contribution in [3.63, 3.8) is 0 Å². The number of hydrogen-bond acceptors (Lipinski definition) is 4. The van der Waals surface area contributed by atoms with Gasteiger partial charge in [0.25, 0.3) is 0 Å². The van der Waals surface area contributed by atoms with Crippen LogP contribution in [0, 0.1) is 0 Å². The molecule has 0 aromatic heterocycles. The third-order valence-electron chi connectivity index (χ3n) is 0. The molecule has 0 unspecified atom stereocenters. The molecule has 0 fully saturated rings. The third-order valence-corrected chi connectivity index (χ3v) is 0. The normalized spacial score (nSPS) is 7.50. The molecule has 0 saturated carbocycles. The van der Waals surface area contributed by atoms with Gasteiger partial charge in [0.1, 0.15) is 0 Å². The molecule has 0 aliphatic carbocycles. The second kappa shape index (κ2) is 8.88. The molecule has 8 heavy (non-hydrogen) atoms. The fraction of sp³-hybridized carbons (Fsp3) is 0. The molecule has 0 aliphatic rings. The summed E-state index contributed by atoms with van der Waals surface area (Å²) in [7, 11) is -4.61. The monoisotopic (exact) mass is 186 g/mol. The van der Waals surface area contributed by atoms with Crippen LogP contribution in [0.2, 0.25) is 0 Å². The van der Waals surface area contributed by atoms with Crippen LogP contribution in [0.5, 0.6) is 0 Å². The van der Waals surface area contributed by atoms with Gasteiger partial charge in [-0.15, -0.1) is 12.4 Å². The Morgan fingerprint density at radius 3 is 0.875 bits per heavy atom. The van der Waals surface area contributed by atoms with E-state index in [9.17, 15) is 0 Å². The van der Waals surface area contributed by atoms with E-state index in [1.165, 1.54) is 0 Å². The SMILES string of the molecule is Cl.O[Si](O)(O)O.[AlH3].[NaH]. The summed E-state index contributed by atoms with van der Waals surface area (Å²) in [6.07, 6.45) is 0. The standard InChI is InChI=1S/Al.ClH.Na.H4O4Si.4H/c;;;1-5(2,3)4;;;;/h;1H;;1-4H;;;;. The first kappa shape index (κ1) is 22.5. The van der Waals surface area contributed by atoms with Gasteiger partial charge in [0.2, 0.25) is 0 Å². The van der Waals surface area contributed by atoms with Crippen molar-refractivity contribution in [2.75, 3.05) is 0 Å². The topological polar surface area (TPSA) is 80.9 Å². The maximum atomic E-state index is 7.33. The quantitative estimate of drug-likeness (QED) is 0.291. The molecule has 0 aromatic rings. The molecular weight excluding hydrogens is 178 g/mol. The average Bonchev–Trinajstić information content (AvgIpc) is 0.722. The summed E-state index contributed by atoms with van der Waals surface area (Å²) in [5, 5.41) is 0. The van der Waals surface area contributed by atoms with Gasteiger partial charge < -0.3 is 19.2 Å². The zero-order valence-electron chi connectivity index (χ0n) is 2.70. The molecule has 0 heterocycles. The van der Waals surface area contributed by atoms with Crippen LogP contribution >= 0.6 is 12.4 Å². The van der Waals surface area contributed by atoms with Crippen molar-refractivity contribution >= 4 is 68.4 Å². The van der Waals surface area contributed by atoms with E-state index >= 15 is 0 Å². The zero-order chi connectivity index (χ0) is 4.50. The van der Waals surface area contributed by atoms with E-state index in [2.05, 4.69) is 0 Å². The third kappa shape index (κ3) is 106. The predicted octanol–water partition coefficient (Wildman–Crippen LogP) is -4.02. The molecule has 0 atom stereocenters. The van der Waals surface area contributed by atoms with Crippen LogP contribution in [0.15, 0.2) is 0 Å². The van der Waals surface area contributed by atoms with Crippen molar-refractivity contribution in [3.05, 3.63) is 0 Å². The molecule has 8 heteroatoms. The second-order valence-corrected chi connectivity index (χ2v) is 1.80. The molecule has 0 radical (unpaired) electrons. The van der Waals surface area contributed by atoms with Crippen molar-refractivity contribution in [1.82, 2.24) is 0 Å². The zero-order valence-corrected chi connectivity index (χ0v) is 4.51. The van der Waals surface area contributed by atoms with Gasteiger partial charge in [-0.1, -0.05) is 0 Å². The Kier molecular flexibility index (Phi) is 25.0. The van der Waals surface area contributed by atoms with Gasteiger partial charge in [0.05, 0.1) is 0 Å². The first-order valence-electron chi connectivity index (χ1n) is 0.894. The minimum atomic E-state index is -4.61. The van der Waals surface area contributed by atoms with E-state index < -0.39 is 9.05 Å². The van der Waals surface area contributed by atoms with Crippen molar-refractivity contribution in [2.24, 2.45) is 0 Å². The van der Waals surface area contributed by atoms with Crippen LogP contribution in [0.4, 0.5) is 0 Å². The van der Waals surface area contributed by atoms with Crippen LogP contribution in [0.3, 0.4) is 0 Å². The van der Waals surface area contributed by atoms with Crippen LogP contribution in [0.1, 0.15) is 0 Å². The summed E-state index contributed by atoms with van der Waals surface area (Å²) in [4.78, 5) is 29.3. The second-order valence-electron chi connectivity index (χ2n) is 0.600. The minimum absolute atomic E-state index is 0. The van der Waals surface area contributed by atoms with Crippen LogP contribution in [-0.2, 0) is 0 Å². The molecule has 0 aromatic carbocycles. The Morgan fingerprint density at radius 2 is 0.875 bits per heavy atom. The molecule has 48 valence electrons. The van der Waals surface area contributed by atoms with E-state index in [0.29, 0.717) is 0 Å². The van der Waals surface area contributed by atoms with Crippen LogP contribution in [0.25, 0.3) is 0 Å². The Hall–Kier alpha value is 1.88. The van der Waals surface area contributed by atoms with Crippen molar-refractivity contribution in [3.8, 4) is 0 Å². The van der Waals surface area contributed by atoms with Crippen molar-refractivity contribution in [2.45, 2.75) is 0 Å². The molecule has 0 spiro atoms. The molecular formula is H9AlClNaO4Si. The Labute approximate surface area is 86.9 Å². The van der Waals surface area contributed by atoms with Gasteiger partial charge in [-0.05, 0) is 0 Å². The molecule has 0 aliphatic heterocycles. The molecule has 4 N–H and O–H groups in total. The van der Waals surface area contributed by atoms with E-state index in [4.69, 9.17) is 19.2 Å². The molecule has 0 rings (SSSR count). The first-order chi connectivity index (χ1) is 2.00. The summed E-state index contributed by atoms with van der Waals surface area (Å²) >= 11 is 0. The van der Waals surface area contributed by atoms with Crippen molar-refractivity contribution < 1.29 is 19.2 Å². The van der Waals surface area contributed by atoms with Gasteiger partial charge >= 0.3 is 38.6 Å². The summed E-state index contributed by atoms with van der Waals surface area (Å²) in [6.45, 7) is 0. The Bertz CT molecular complexity index is 31.5. The van der Waals surface area contributed by atoms with Gasteiger partial charge in [0, 0.05) is 0 Å². The fourth-order valence-corrected chi connectivity index (χ4v) is 0. The molecule has 0 bridgehead atoms. The number of hydrogen-bond donors (Lipinski definition) is 4. The predicted molar refractivity (Wildman–Crippen MR) is 39.0 cm³/mol. The van der Waals surface area contributed by atoms with E-state index in [0.717, 1.165) is 0 Å².